The van der Waals surface area contributed by atoms with Crippen molar-refractivity contribution in [3.63, 3.8) is 0 Å². The summed E-state index contributed by atoms with van der Waals surface area (Å²) in [5, 5.41) is 20.9. The molecule has 2 N–H and O–H groups in total. The third-order valence-corrected chi connectivity index (χ3v) is 6.01. The highest BCUT2D eigenvalue weighted by molar-refractivity contribution is 7.12. The van der Waals surface area contributed by atoms with E-state index in [9.17, 15) is 19.5 Å². The molecule has 1 aliphatic heterocycles. The first-order valence-corrected chi connectivity index (χ1v) is 10.4. The van der Waals surface area contributed by atoms with Gasteiger partial charge in [0.2, 0.25) is 5.43 Å². The molecule has 1 fully saturated rings. The van der Waals surface area contributed by atoms with E-state index in [1.54, 1.807) is 24.6 Å². The molecule has 3 aromatic rings. The molecule has 1 aliphatic rings. The van der Waals surface area contributed by atoms with Crippen LogP contribution in [0, 0.1) is 12.8 Å². The number of hydrogen-bond donors (Lipinski definition) is 2. The number of aliphatic hydroxyl groups excluding tert-OH is 1. The van der Waals surface area contributed by atoms with Crippen LogP contribution in [0.5, 0.6) is 0 Å². The topological polar surface area (TPSA) is 126 Å². The molecule has 0 amide bonds. The van der Waals surface area contributed by atoms with Crippen LogP contribution in [0.1, 0.15) is 28.8 Å². The zero-order chi connectivity index (χ0) is 21.4. The van der Waals surface area contributed by atoms with Crippen molar-refractivity contribution in [2.75, 3.05) is 24.6 Å². The summed E-state index contributed by atoms with van der Waals surface area (Å²) in [6.07, 6.45) is 3.69. The largest absolute Gasteiger partial charge is 0.477 e. The molecule has 0 spiro atoms. The van der Waals surface area contributed by atoms with Gasteiger partial charge in [0.15, 0.2) is 10.8 Å². The lowest BCUT2D eigenvalue weighted by Gasteiger charge is -2.39. The fraction of sp³-hybridized carbons (Fsp3) is 0.350. The van der Waals surface area contributed by atoms with Gasteiger partial charge < -0.3 is 15.1 Å². The molecule has 0 radical (unpaired) electrons. The maximum atomic E-state index is 12.8. The molecule has 10 heteroatoms. The summed E-state index contributed by atoms with van der Waals surface area (Å²) in [4.78, 5) is 47.3. The van der Waals surface area contributed by atoms with Gasteiger partial charge in [0, 0.05) is 43.9 Å². The van der Waals surface area contributed by atoms with E-state index in [4.69, 9.17) is 5.11 Å². The zero-order valence-corrected chi connectivity index (χ0v) is 17.1. The van der Waals surface area contributed by atoms with Crippen molar-refractivity contribution in [1.29, 1.82) is 0 Å². The average molecular weight is 428 g/mol. The number of carboxylic acid groups (broad SMARTS) is 1. The number of Topliss-reactive ketones (excluding diaryl/α,β-unsaturated/α-hetero) is 1. The van der Waals surface area contributed by atoms with Crippen molar-refractivity contribution in [2.24, 2.45) is 5.92 Å². The number of aromatic carboxylic acids is 1. The minimum Gasteiger partial charge on any atom is -0.477 e. The summed E-state index contributed by atoms with van der Waals surface area (Å²) >= 11 is 1.31. The average Bonchev–Trinajstić information content (AvgIpc) is 3.19. The molecular weight excluding hydrogens is 408 g/mol. The molecule has 0 atom stereocenters. The number of aromatic nitrogens is 3. The van der Waals surface area contributed by atoms with Crippen molar-refractivity contribution in [3.05, 3.63) is 45.2 Å². The molecule has 1 saturated heterocycles. The molecule has 0 unspecified atom stereocenters. The van der Waals surface area contributed by atoms with E-state index in [1.165, 1.54) is 22.1 Å². The van der Waals surface area contributed by atoms with Crippen molar-refractivity contribution in [2.45, 2.75) is 19.8 Å². The second-order valence-electron chi connectivity index (χ2n) is 7.25. The van der Waals surface area contributed by atoms with Crippen LogP contribution in [-0.4, -0.2) is 56.2 Å². The van der Waals surface area contributed by atoms with Gasteiger partial charge in [-0.05, 0) is 25.0 Å². The van der Waals surface area contributed by atoms with Crippen molar-refractivity contribution < 1.29 is 19.8 Å². The van der Waals surface area contributed by atoms with Crippen LogP contribution in [0.25, 0.3) is 16.2 Å². The van der Waals surface area contributed by atoms with Crippen LogP contribution in [0.15, 0.2) is 28.6 Å². The number of rotatable bonds is 7. The smallest absolute Gasteiger partial charge is 0.341 e. The van der Waals surface area contributed by atoms with Crippen molar-refractivity contribution in [3.8, 4) is 5.13 Å². The van der Waals surface area contributed by atoms with E-state index >= 15 is 0 Å². The lowest BCUT2D eigenvalue weighted by atomic mass is 9.92. The Morgan fingerprint density at radius 1 is 1.33 bits per heavy atom. The Morgan fingerprint density at radius 2 is 2.10 bits per heavy atom. The van der Waals surface area contributed by atoms with Crippen LogP contribution >= 0.6 is 11.3 Å². The fourth-order valence-corrected chi connectivity index (χ4v) is 4.22. The van der Waals surface area contributed by atoms with Crippen LogP contribution in [0.3, 0.4) is 0 Å². The number of hydrogen-bond acceptors (Lipinski definition) is 8. The van der Waals surface area contributed by atoms with Gasteiger partial charge in [-0.1, -0.05) is 0 Å². The minimum absolute atomic E-state index is 0.000213. The van der Waals surface area contributed by atoms with Crippen molar-refractivity contribution >= 4 is 39.9 Å². The standard InChI is InChI=1S/C20H20N4O5S/c1-11-7-15(23-8-12(9-23)14(26)3-2-5-25)22-18-16(11)17(27)13(19(28)29)10-24(18)20-21-4-6-30-20/h4,6-7,10,12,25H,2-3,5,8-9H2,1H3,(H,28,29). The van der Waals surface area contributed by atoms with E-state index < -0.39 is 11.4 Å². The Bertz CT molecular complexity index is 1180. The number of aryl methyl sites for hydroxylation is 1. The van der Waals surface area contributed by atoms with Gasteiger partial charge >= 0.3 is 5.97 Å². The van der Waals surface area contributed by atoms with E-state index in [1.807, 2.05) is 4.90 Å². The number of anilines is 1. The summed E-state index contributed by atoms with van der Waals surface area (Å²) in [6, 6.07) is 1.75. The molecule has 9 nitrogen and oxygen atoms in total. The number of nitrogens with zero attached hydrogens (tertiary/aromatic N) is 4. The third kappa shape index (κ3) is 3.48. The van der Waals surface area contributed by atoms with Crippen molar-refractivity contribution in [1.82, 2.24) is 14.5 Å². The normalized spacial score (nSPS) is 14.1. The highest BCUT2D eigenvalue weighted by Crippen LogP contribution is 2.29. The molecule has 0 bridgehead atoms. The molecule has 30 heavy (non-hydrogen) atoms. The maximum absolute atomic E-state index is 12.8. The fourth-order valence-electron chi connectivity index (χ4n) is 3.60. The number of ketones is 1. The molecule has 3 aromatic heterocycles. The molecule has 156 valence electrons. The quantitative estimate of drug-likeness (QED) is 0.582. The summed E-state index contributed by atoms with van der Waals surface area (Å²) < 4.78 is 1.53. The number of fused-ring (bicyclic) bond motifs is 1. The van der Waals surface area contributed by atoms with Crippen LogP contribution < -0.4 is 10.3 Å². The number of aliphatic hydroxyl groups is 1. The first-order chi connectivity index (χ1) is 14.4. The van der Waals surface area contributed by atoms with Gasteiger partial charge in [-0.25, -0.2) is 14.8 Å². The maximum Gasteiger partial charge on any atom is 0.341 e. The Balaban J connectivity index is 1.76. The number of carbonyl (C=O) groups is 2. The second kappa shape index (κ2) is 7.96. The Morgan fingerprint density at radius 3 is 2.73 bits per heavy atom. The highest BCUT2D eigenvalue weighted by atomic mass is 32.1. The second-order valence-corrected chi connectivity index (χ2v) is 8.13. The van der Waals surface area contributed by atoms with E-state index in [0.29, 0.717) is 48.1 Å². The van der Waals surface area contributed by atoms with E-state index in [-0.39, 0.29) is 29.3 Å². The number of thiazole rings is 1. The Labute approximate surface area is 175 Å². The SMILES string of the molecule is Cc1cc(N2CC(C(=O)CCCO)C2)nc2c1c(=O)c(C(=O)O)cn2-c1nccs1. The van der Waals surface area contributed by atoms with Gasteiger partial charge in [-0.15, -0.1) is 11.3 Å². The third-order valence-electron chi connectivity index (χ3n) is 5.24. The van der Waals surface area contributed by atoms with Gasteiger partial charge in [-0.2, -0.15) is 0 Å². The molecular formula is C20H20N4O5S. The Hall–Kier alpha value is -3.11. The molecule has 0 saturated carbocycles. The van der Waals surface area contributed by atoms with Gasteiger partial charge in [0.1, 0.15) is 17.2 Å². The number of carboxylic acids is 1. The molecule has 4 heterocycles. The monoisotopic (exact) mass is 428 g/mol. The summed E-state index contributed by atoms with van der Waals surface area (Å²) in [6.45, 7) is 2.80. The van der Waals surface area contributed by atoms with Crippen LogP contribution in [0.4, 0.5) is 5.82 Å². The first-order valence-electron chi connectivity index (χ1n) is 9.49. The molecule has 0 aromatic carbocycles. The van der Waals surface area contributed by atoms with E-state index in [2.05, 4.69) is 9.97 Å². The number of pyridine rings is 2. The lowest BCUT2D eigenvalue weighted by molar-refractivity contribution is -0.123. The summed E-state index contributed by atoms with van der Waals surface area (Å²) in [5.41, 5.74) is 0.0323. The van der Waals surface area contributed by atoms with Crippen LogP contribution in [0.2, 0.25) is 0 Å². The minimum atomic E-state index is -1.30. The first kappa shape index (κ1) is 20.2. The van der Waals surface area contributed by atoms with Crippen LogP contribution in [-0.2, 0) is 4.79 Å². The predicted molar refractivity (Wildman–Crippen MR) is 112 cm³/mol. The summed E-state index contributed by atoms with van der Waals surface area (Å²) in [7, 11) is 0. The lowest BCUT2D eigenvalue weighted by Crippen LogP contribution is -2.51. The zero-order valence-electron chi connectivity index (χ0n) is 16.2. The number of carbonyl (C=O) groups excluding carboxylic acids is 1. The van der Waals surface area contributed by atoms with Gasteiger partial charge in [0.25, 0.3) is 0 Å². The summed E-state index contributed by atoms with van der Waals surface area (Å²) in [5.74, 6) is -0.643. The predicted octanol–water partition coefficient (Wildman–Crippen LogP) is 1.63. The van der Waals surface area contributed by atoms with Gasteiger partial charge in [-0.3, -0.25) is 14.2 Å². The highest BCUT2D eigenvalue weighted by Gasteiger charge is 2.33. The Kier molecular flexibility index (Phi) is 5.35. The van der Waals surface area contributed by atoms with Gasteiger partial charge in [0.05, 0.1) is 11.3 Å². The van der Waals surface area contributed by atoms with E-state index in [0.717, 1.165) is 0 Å². The molecule has 0 aliphatic carbocycles. The molecule has 4 rings (SSSR count).